The largest absolute Gasteiger partial charge is 0.381 e. The molecule has 0 atom stereocenters. The van der Waals surface area contributed by atoms with Crippen molar-refractivity contribution >= 4 is 35.6 Å². The summed E-state index contributed by atoms with van der Waals surface area (Å²) in [6.07, 6.45) is 1.43. The van der Waals surface area contributed by atoms with Crippen LogP contribution in [0.15, 0.2) is 47.2 Å². The van der Waals surface area contributed by atoms with Gasteiger partial charge < -0.3 is 15.0 Å². The van der Waals surface area contributed by atoms with Crippen LogP contribution in [0.2, 0.25) is 0 Å². The molecule has 8 heteroatoms. The van der Waals surface area contributed by atoms with Crippen LogP contribution in [0, 0.1) is 0 Å². The molecule has 0 bridgehead atoms. The van der Waals surface area contributed by atoms with Crippen LogP contribution in [-0.2, 0) is 14.9 Å². The molecule has 0 spiro atoms. The molecular weight excluding hydrogens is 434 g/mol. The van der Waals surface area contributed by atoms with Gasteiger partial charge in [0.1, 0.15) is 0 Å². The molecule has 4 rings (SSSR count). The molecule has 6 nitrogen and oxygen atoms in total. The number of rotatable bonds is 6. The number of piperazine rings is 1. The number of thiophene rings is 1. The lowest BCUT2D eigenvalue weighted by Gasteiger charge is -2.37. The second-order valence-electron chi connectivity index (χ2n) is 7.96. The SMILES string of the molecule is Cl.O=C(c1ccsc1)N1CCN(CCNC(=O)C2(c3ccccc3)CCOCC2)CC1. The number of carbonyl (C=O) groups excluding carboxylic acids is 2. The van der Waals surface area contributed by atoms with Crippen molar-refractivity contribution in [2.75, 3.05) is 52.5 Å². The Morgan fingerprint density at radius 2 is 1.74 bits per heavy atom. The Labute approximate surface area is 194 Å². The molecule has 0 unspecified atom stereocenters. The summed E-state index contributed by atoms with van der Waals surface area (Å²) < 4.78 is 5.53. The molecule has 2 fully saturated rings. The summed E-state index contributed by atoms with van der Waals surface area (Å²) in [5.41, 5.74) is 1.36. The molecule has 2 saturated heterocycles. The van der Waals surface area contributed by atoms with Crippen molar-refractivity contribution in [2.24, 2.45) is 0 Å². The second kappa shape index (κ2) is 11.1. The van der Waals surface area contributed by atoms with E-state index in [9.17, 15) is 9.59 Å². The molecule has 2 aliphatic heterocycles. The van der Waals surface area contributed by atoms with Gasteiger partial charge in [0.05, 0.1) is 11.0 Å². The van der Waals surface area contributed by atoms with Gasteiger partial charge >= 0.3 is 0 Å². The number of halogens is 1. The van der Waals surface area contributed by atoms with Gasteiger partial charge in [-0.3, -0.25) is 14.5 Å². The van der Waals surface area contributed by atoms with Gasteiger partial charge in [0.25, 0.3) is 5.91 Å². The van der Waals surface area contributed by atoms with Crippen LogP contribution < -0.4 is 5.32 Å². The fourth-order valence-electron chi connectivity index (χ4n) is 4.36. The van der Waals surface area contributed by atoms with Gasteiger partial charge in [-0.2, -0.15) is 11.3 Å². The highest BCUT2D eigenvalue weighted by Crippen LogP contribution is 2.35. The minimum Gasteiger partial charge on any atom is -0.381 e. The number of hydrogen-bond donors (Lipinski definition) is 1. The Morgan fingerprint density at radius 3 is 2.39 bits per heavy atom. The zero-order valence-electron chi connectivity index (χ0n) is 17.6. The van der Waals surface area contributed by atoms with Gasteiger partial charge in [-0.25, -0.2) is 0 Å². The summed E-state index contributed by atoms with van der Waals surface area (Å²) in [5.74, 6) is 0.219. The van der Waals surface area contributed by atoms with Crippen LogP contribution in [-0.4, -0.2) is 74.1 Å². The van der Waals surface area contributed by atoms with E-state index in [1.807, 2.05) is 39.9 Å². The van der Waals surface area contributed by atoms with Crippen molar-refractivity contribution in [3.05, 3.63) is 58.3 Å². The van der Waals surface area contributed by atoms with Crippen LogP contribution in [0.3, 0.4) is 0 Å². The summed E-state index contributed by atoms with van der Waals surface area (Å²) >= 11 is 1.55. The zero-order valence-corrected chi connectivity index (χ0v) is 19.3. The molecule has 31 heavy (non-hydrogen) atoms. The average Bonchev–Trinajstić information content (AvgIpc) is 3.35. The second-order valence-corrected chi connectivity index (χ2v) is 8.74. The minimum atomic E-state index is -0.495. The van der Waals surface area contributed by atoms with E-state index in [4.69, 9.17) is 4.74 Å². The Bertz CT molecular complexity index is 833. The van der Waals surface area contributed by atoms with Crippen molar-refractivity contribution in [3.8, 4) is 0 Å². The molecule has 1 N–H and O–H groups in total. The van der Waals surface area contributed by atoms with Crippen LogP contribution in [0.4, 0.5) is 0 Å². The summed E-state index contributed by atoms with van der Waals surface area (Å²) in [6, 6.07) is 12.0. The summed E-state index contributed by atoms with van der Waals surface area (Å²) in [6.45, 7) is 5.78. The first-order valence-corrected chi connectivity index (χ1v) is 11.6. The molecule has 2 aromatic rings. The zero-order chi connectivity index (χ0) is 20.8. The number of carbonyl (C=O) groups is 2. The van der Waals surface area contributed by atoms with Gasteiger partial charge in [0, 0.05) is 57.9 Å². The molecule has 168 valence electrons. The maximum Gasteiger partial charge on any atom is 0.254 e. The highest BCUT2D eigenvalue weighted by Gasteiger charge is 2.41. The van der Waals surface area contributed by atoms with E-state index < -0.39 is 5.41 Å². The van der Waals surface area contributed by atoms with Crippen molar-refractivity contribution < 1.29 is 14.3 Å². The highest BCUT2D eigenvalue weighted by molar-refractivity contribution is 7.08. The van der Waals surface area contributed by atoms with Crippen molar-refractivity contribution in [2.45, 2.75) is 18.3 Å². The third kappa shape index (κ3) is 5.47. The topological polar surface area (TPSA) is 61.9 Å². The first kappa shape index (κ1) is 23.7. The molecule has 1 aromatic carbocycles. The molecule has 0 radical (unpaired) electrons. The minimum absolute atomic E-state index is 0. The Kier molecular flexibility index (Phi) is 8.49. The van der Waals surface area contributed by atoms with Crippen LogP contribution in [0.5, 0.6) is 0 Å². The molecule has 3 heterocycles. The molecule has 0 aliphatic carbocycles. The average molecular weight is 464 g/mol. The van der Waals surface area contributed by atoms with Gasteiger partial charge in [-0.05, 0) is 29.9 Å². The van der Waals surface area contributed by atoms with E-state index in [1.54, 1.807) is 11.3 Å². The lowest BCUT2D eigenvalue weighted by atomic mass is 9.73. The molecular formula is C23H30ClN3O3S. The van der Waals surface area contributed by atoms with Crippen LogP contribution >= 0.6 is 23.7 Å². The van der Waals surface area contributed by atoms with Gasteiger partial charge in [0.15, 0.2) is 0 Å². The standard InChI is InChI=1S/C23H29N3O3S.ClH/c27-21(19-6-17-30-18-19)26-13-11-25(12-14-26)10-9-24-22(28)23(7-15-29-16-8-23)20-4-2-1-3-5-20;/h1-6,17-18H,7-16H2,(H,24,28);1H. The quantitative estimate of drug-likeness (QED) is 0.715. The van der Waals surface area contributed by atoms with E-state index in [0.717, 1.165) is 43.9 Å². The maximum atomic E-state index is 13.2. The number of nitrogens with one attached hydrogen (secondary N) is 1. The number of amides is 2. The maximum absolute atomic E-state index is 13.2. The van der Waals surface area contributed by atoms with E-state index in [-0.39, 0.29) is 24.2 Å². The third-order valence-electron chi connectivity index (χ3n) is 6.25. The van der Waals surface area contributed by atoms with Gasteiger partial charge in [-0.1, -0.05) is 30.3 Å². The fraction of sp³-hybridized carbons (Fsp3) is 0.478. The smallest absolute Gasteiger partial charge is 0.254 e. The fourth-order valence-corrected chi connectivity index (χ4v) is 4.99. The molecule has 0 saturated carbocycles. The normalized spacial score (nSPS) is 18.8. The van der Waals surface area contributed by atoms with Gasteiger partial charge in [0.2, 0.25) is 5.91 Å². The third-order valence-corrected chi connectivity index (χ3v) is 6.93. The highest BCUT2D eigenvalue weighted by atomic mass is 35.5. The van der Waals surface area contributed by atoms with Crippen molar-refractivity contribution in [1.82, 2.24) is 15.1 Å². The Hall–Kier alpha value is -1.93. The van der Waals surface area contributed by atoms with Crippen molar-refractivity contribution in [3.63, 3.8) is 0 Å². The Morgan fingerprint density at radius 1 is 1.03 bits per heavy atom. The van der Waals surface area contributed by atoms with E-state index in [2.05, 4.69) is 22.3 Å². The Balaban J connectivity index is 0.00000272. The number of nitrogens with zero attached hydrogens (tertiary/aromatic N) is 2. The van der Waals surface area contributed by atoms with Crippen LogP contribution in [0.1, 0.15) is 28.8 Å². The van der Waals surface area contributed by atoms with E-state index in [1.165, 1.54) is 0 Å². The van der Waals surface area contributed by atoms with Gasteiger partial charge in [-0.15, -0.1) is 12.4 Å². The lowest BCUT2D eigenvalue weighted by Crippen LogP contribution is -2.52. The van der Waals surface area contributed by atoms with Crippen LogP contribution in [0.25, 0.3) is 0 Å². The first-order chi connectivity index (χ1) is 14.7. The molecule has 2 amide bonds. The molecule has 1 aromatic heterocycles. The molecule has 2 aliphatic rings. The number of hydrogen-bond acceptors (Lipinski definition) is 5. The summed E-state index contributed by atoms with van der Waals surface area (Å²) in [5, 5.41) is 7.02. The van der Waals surface area contributed by atoms with E-state index >= 15 is 0 Å². The van der Waals surface area contributed by atoms with Crippen molar-refractivity contribution in [1.29, 1.82) is 0 Å². The van der Waals surface area contributed by atoms with E-state index in [0.29, 0.717) is 32.6 Å². The summed E-state index contributed by atoms with van der Waals surface area (Å²) in [4.78, 5) is 29.9. The predicted molar refractivity (Wildman–Crippen MR) is 125 cm³/mol. The summed E-state index contributed by atoms with van der Waals surface area (Å²) in [7, 11) is 0. The number of benzene rings is 1. The first-order valence-electron chi connectivity index (χ1n) is 10.6. The monoisotopic (exact) mass is 463 g/mol. The lowest BCUT2D eigenvalue weighted by molar-refractivity contribution is -0.130. The predicted octanol–water partition coefficient (Wildman–Crippen LogP) is 2.79. The number of ether oxygens (including phenoxy) is 1.